The first-order chi connectivity index (χ1) is 15.8. The first-order valence-electron chi connectivity index (χ1n) is 9.93. The van der Waals surface area contributed by atoms with Crippen LogP contribution in [0, 0.1) is 0 Å². The number of hydrogen-bond acceptors (Lipinski definition) is 5. The van der Waals surface area contributed by atoms with Gasteiger partial charge in [-0.25, -0.2) is 0 Å². The number of hydrogen-bond donors (Lipinski definition) is 2. The van der Waals surface area contributed by atoms with E-state index in [9.17, 15) is 22.8 Å². The van der Waals surface area contributed by atoms with Crippen LogP contribution in [0.5, 0.6) is 5.75 Å². The summed E-state index contributed by atoms with van der Waals surface area (Å²) in [7, 11) is 1.52. The van der Waals surface area contributed by atoms with E-state index in [1.54, 1.807) is 13.8 Å². The number of amides is 2. The molecule has 2 aromatic carbocycles. The summed E-state index contributed by atoms with van der Waals surface area (Å²) in [6.45, 7) is 2.85. The van der Waals surface area contributed by atoms with Crippen molar-refractivity contribution in [3.8, 4) is 17.1 Å². The van der Waals surface area contributed by atoms with Crippen LogP contribution >= 0.6 is 11.6 Å². The molecule has 0 aliphatic rings. The second kappa shape index (κ2) is 9.34. The van der Waals surface area contributed by atoms with E-state index in [0.29, 0.717) is 0 Å². The topological polar surface area (TPSA) is 112 Å². The normalized spacial score (nSPS) is 11.9. The largest absolute Gasteiger partial charge is 0.479 e. The van der Waals surface area contributed by atoms with Crippen LogP contribution in [0.3, 0.4) is 0 Å². The van der Waals surface area contributed by atoms with E-state index in [4.69, 9.17) is 22.1 Å². The van der Waals surface area contributed by atoms with Gasteiger partial charge in [0.05, 0.1) is 17.7 Å². The molecule has 0 saturated carbocycles. The Hall–Kier alpha value is -3.60. The standard InChI is InChI=1S/C22H21ClF3N5O3/c1-21(2,34-16-9-8-12(23)10-14(16)19(33)28-11-17(27)32)20-30-29-18(31(20)3)13-6-4-5-7-15(13)22(24,25)26/h4-10H,11H2,1-3H3,(H2,27,32)(H,28,33). The van der Waals surface area contributed by atoms with E-state index in [0.717, 1.165) is 6.07 Å². The maximum Gasteiger partial charge on any atom is 0.417 e. The second-order valence-electron chi connectivity index (χ2n) is 7.85. The molecule has 2 amide bonds. The van der Waals surface area contributed by atoms with Crippen LogP contribution in [0.2, 0.25) is 5.02 Å². The highest BCUT2D eigenvalue weighted by Crippen LogP contribution is 2.37. The van der Waals surface area contributed by atoms with Crippen LogP contribution in [0.15, 0.2) is 42.5 Å². The summed E-state index contributed by atoms with van der Waals surface area (Å²) in [6.07, 6.45) is -4.58. The highest BCUT2D eigenvalue weighted by Gasteiger charge is 2.36. The zero-order valence-electron chi connectivity index (χ0n) is 18.4. The molecule has 0 bridgehead atoms. The summed E-state index contributed by atoms with van der Waals surface area (Å²) in [5, 5.41) is 10.6. The Balaban J connectivity index is 1.98. The lowest BCUT2D eigenvalue weighted by atomic mass is 10.1. The van der Waals surface area contributed by atoms with Gasteiger partial charge in [0.25, 0.3) is 5.91 Å². The number of benzene rings is 2. The molecule has 8 nitrogen and oxygen atoms in total. The smallest absolute Gasteiger partial charge is 0.417 e. The minimum atomic E-state index is -4.58. The molecular weight excluding hydrogens is 475 g/mol. The number of nitrogens with one attached hydrogen (secondary N) is 1. The van der Waals surface area contributed by atoms with Crippen LogP contribution in [0.1, 0.15) is 35.6 Å². The Kier molecular flexibility index (Phi) is 6.87. The van der Waals surface area contributed by atoms with E-state index in [-0.39, 0.29) is 40.1 Å². The van der Waals surface area contributed by atoms with E-state index in [1.165, 1.54) is 48.0 Å². The number of halogens is 4. The highest BCUT2D eigenvalue weighted by atomic mass is 35.5. The van der Waals surface area contributed by atoms with Crippen LogP contribution in [-0.4, -0.2) is 33.1 Å². The van der Waals surface area contributed by atoms with Crippen molar-refractivity contribution in [1.82, 2.24) is 20.1 Å². The van der Waals surface area contributed by atoms with E-state index in [1.807, 2.05) is 0 Å². The molecule has 34 heavy (non-hydrogen) atoms. The minimum Gasteiger partial charge on any atom is -0.479 e. The van der Waals surface area contributed by atoms with Gasteiger partial charge in [-0.15, -0.1) is 10.2 Å². The Labute approximate surface area is 197 Å². The monoisotopic (exact) mass is 495 g/mol. The molecule has 0 unspecified atom stereocenters. The summed E-state index contributed by atoms with van der Waals surface area (Å²) in [5.41, 5.74) is 2.89. The van der Waals surface area contributed by atoms with Crippen molar-refractivity contribution in [3.63, 3.8) is 0 Å². The second-order valence-corrected chi connectivity index (χ2v) is 8.29. The van der Waals surface area contributed by atoms with E-state index >= 15 is 0 Å². The molecule has 0 atom stereocenters. The van der Waals surface area contributed by atoms with Crippen molar-refractivity contribution in [3.05, 3.63) is 64.4 Å². The highest BCUT2D eigenvalue weighted by molar-refractivity contribution is 6.31. The van der Waals surface area contributed by atoms with Crippen LogP contribution < -0.4 is 15.8 Å². The molecule has 0 radical (unpaired) electrons. The van der Waals surface area contributed by atoms with Crippen LogP contribution in [0.4, 0.5) is 13.2 Å². The molecule has 12 heteroatoms. The van der Waals surface area contributed by atoms with Gasteiger partial charge in [0.1, 0.15) is 5.75 Å². The number of carbonyl (C=O) groups is 2. The van der Waals surface area contributed by atoms with Gasteiger partial charge in [-0.2, -0.15) is 13.2 Å². The van der Waals surface area contributed by atoms with Gasteiger partial charge < -0.3 is 20.4 Å². The zero-order valence-corrected chi connectivity index (χ0v) is 19.2. The Morgan fingerprint density at radius 3 is 2.47 bits per heavy atom. The Morgan fingerprint density at radius 1 is 1.15 bits per heavy atom. The molecule has 0 aliphatic carbocycles. The van der Waals surface area contributed by atoms with Crippen molar-refractivity contribution in [2.24, 2.45) is 12.8 Å². The predicted molar refractivity (Wildman–Crippen MR) is 118 cm³/mol. The Bertz CT molecular complexity index is 1240. The van der Waals surface area contributed by atoms with E-state index < -0.39 is 29.2 Å². The van der Waals surface area contributed by atoms with Crippen LogP contribution in [-0.2, 0) is 23.6 Å². The lowest BCUT2D eigenvalue weighted by Crippen LogP contribution is -2.34. The fourth-order valence-electron chi connectivity index (χ4n) is 3.37. The Morgan fingerprint density at radius 2 is 1.82 bits per heavy atom. The SMILES string of the molecule is Cn1c(-c2ccccc2C(F)(F)F)nnc1C(C)(C)Oc1ccc(Cl)cc1C(=O)NCC(N)=O. The van der Waals surface area contributed by atoms with Gasteiger partial charge in [-0.05, 0) is 38.1 Å². The van der Waals surface area contributed by atoms with Gasteiger partial charge in [-0.3, -0.25) is 9.59 Å². The number of rotatable bonds is 7. The number of carbonyl (C=O) groups excluding carboxylic acids is 2. The zero-order chi connectivity index (χ0) is 25.3. The molecule has 3 rings (SSSR count). The summed E-state index contributed by atoms with van der Waals surface area (Å²) >= 11 is 6.01. The molecule has 0 saturated heterocycles. The first-order valence-corrected chi connectivity index (χ1v) is 10.3. The molecule has 0 aliphatic heterocycles. The summed E-state index contributed by atoms with van der Waals surface area (Å²) in [5.74, 6) is -1.07. The number of primary amides is 1. The molecule has 3 aromatic rings. The van der Waals surface area contributed by atoms with Crippen molar-refractivity contribution in [2.45, 2.75) is 25.6 Å². The van der Waals surface area contributed by atoms with Crippen molar-refractivity contribution >= 4 is 23.4 Å². The maximum absolute atomic E-state index is 13.5. The molecule has 0 fully saturated rings. The third kappa shape index (κ3) is 5.30. The molecule has 1 aromatic heterocycles. The number of alkyl halides is 3. The van der Waals surface area contributed by atoms with Crippen molar-refractivity contribution in [1.29, 1.82) is 0 Å². The average molecular weight is 496 g/mol. The fourth-order valence-corrected chi connectivity index (χ4v) is 3.54. The van der Waals surface area contributed by atoms with Gasteiger partial charge >= 0.3 is 6.18 Å². The lowest BCUT2D eigenvalue weighted by Gasteiger charge is -2.27. The van der Waals surface area contributed by atoms with Gasteiger partial charge in [0, 0.05) is 17.6 Å². The van der Waals surface area contributed by atoms with Crippen molar-refractivity contribution < 1.29 is 27.5 Å². The maximum atomic E-state index is 13.5. The minimum absolute atomic E-state index is 0.00451. The molecule has 180 valence electrons. The summed E-state index contributed by atoms with van der Waals surface area (Å²) < 4.78 is 47.9. The molecule has 3 N–H and O–H groups in total. The van der Waals surface area contributed by atoms with Gasteiger partial charge in [0.2, 0.25) is 5.91 Å². The third-order valence-electron chi connectivity index (χ3n) is 4.86. The van der Waals surface area contributed by atoms with Gasteiger partial charge in [-0.1, -0.05) is 29.8 Å². The number of ether oxygens (including phenoxy) is 1. The average Bonchev–Trinajstić information content (AvgIpc) is 3.14. The quantitative estimate of drug-likeness (QED) is 0.519. The summed E-state index contributed by atoms with van der Waals surface area (Å²) in [4.78, 5) is 23.5. The van der Waals surface area contributed by atoms with Crippen LogP contribution in [0.25, 0.3) is 11.4 Å². The number of aromatic nitrogens is 3. The fraction of sp³-hybridized carbons (Fsp3) is 0.273. The number of nitrogens with two attached hydrogens (primary N) is 1. The first kappa shape index (κ1) is 25.0. The van der Waals surface area contributed by atoms with Crippen molar-refractivity contribution in [2.75, 3.05) is 6.54 Å². The van der Waals surface area contributed by atoms with Gasteiger partial charge in [0.15, 0.2) is 17.2 Å². The summed E-state index contributed by atoms with van der Waals surface area (Å²) in [6, 6.07) is 9.36. The molecule has 1 heterocycles. The lowest BCUT2D eigenvalue weighted by molar-refractivity contribution is -0.137. The predicted octanol–water partition coefficient (Wildman–Crippen LogP) is 3.68. The third-order valence-corrected chi connectivity index (χ3v) is 5.10. The molecule has 0 spiro atoms. The number of nitrogens with zero attached hydrogens (tertiary/aromatic N) is 3. The molecular formula is C22H21ClF3N5O3. The van der Waals surface area contributed by atoms with E-state index in [2.05, 4.69) is 15.5 Å².